The molecule has 0 bridgehead atoms. The number of carbonyl (C=O) groups is 1. The maximum atomic E-state index is 12.4. The van der Waals surface area contributed by atoms with Gasteiger partial charge in [-0.25, -0.2) is 4.98 Å². The van der Waals surface area contributed by atoms with Crippen molar-refractivity contribution < 1.29 is 9.90 Å². The minimum Gasteiger partial charge on any atom is -0.396 e. The van der Waals surface area contributed by atoms with E-state index in [2.05, 4.69) is 4.98 Å². The molecule has 1 aliphatic rings. The number of likely N-dealkylation sites (tertiary alicyclic amines) is 1. The molecular formula is C15H23N3O2. The van der Waals surface area contributed by atoms with Crippen molar-refractivity contribution in [2.24, 2.45) is 5.92 Å². The molecule has 2 heterocycles. The van der Waals surface area contributed by atoms with Crippen molar-refractivity contribution in [1.82, 2.24) is 9.88 Å². The molecule has 2 rings (SSSR count). The van der Waals surface area contributed by atoms with Crippen LogP contribution in [-0.2, 0) is 0 Å². The van der Waals surface area contributed by atoms with Crippen LogP contribution < -0.4 is 4.90 Å². The largest absolute Gasteiger partial charge is 0.396 e. The van der Waals surface area contributed by atoms with Crippen molar-refractivity contribution in [3.8, 4) is 0 Å². The summed E-state index contributed by atoms with van der Waals surface area (Å²) in [7, 11) is 3.85. The van der Waals surface area contributed by atoms with E-state index in [-0.39, 0.29) is 12.5 Å². The zero-order valence-electron chi connectivity index (χ0n) is 12.2. The van der Waals surface area contributed by atoms with E-state index in [9.17, 15) is 4.79 Å². The number of hydrogen-bond donors (Lipinski definition) is 1. The van der Waals surface area contributed by atoms with Crippen molar-refractivity contribution >= 4 is 11.7 Å². The Morgan fingerprint density at radius 2 is 2.30 bits per heavy atom. The number of nitrogens with zero attached hydrogens (tertiary/aromatic N) is 3. The Morgan fingerprint density at radius 3 is 2.90 bits per heavy atom. The molecule has 0 saturated carbocycles. The Labute approximate surface area is 120 Å². The molecule has 1 N–H and O–H groups in total. The van der Waals surface area contributed by atoms with Gasteiger partial charge < -0.3 is 14.9 Å². The normalized spacial score (nSPS) is 18.9. The van der Waals surface area contributed by atoms with E-state index in [1.807, 2.05) is 36.0 Å². The third-order valence-corrected chi connectivity index (χ3v) is 3.80. The fourth-order valence-corrected chi connectivity index (χ4v) is 2.63. The number of hydrogen-bond acceptors (Lipinski definition) is 4. The first-order chi connectivity index (χ1) is 9.61. The van der Waals surface area contributed by atoms with Gasteiger partial charge in [0.1, 0.15) is 5.82 Å². The molecule has 5 nitrogen and oxygen atoms in total. The molecule has 1 saturated heterocycles. The third-order valence-electron chi connectivity index (χ3n) is 3.80. The average molecular weight is 277 g/mol. The van der Waals surface area contributed by atoms with Crippen LogP contribution in [0.1, 0.15) is 29.6 Å². The SMILES string of the molecule is CN(C)c1ccc(C(=O)N2CCCC(CCO)C2)cn1. The van der Waals surface area contributed by atoms with Crippen molar-refractivity contribution in [3.05, 3.63) is 23.9 Å². The molecule has 0 radical (unpaired) electrons. The molecule has 1 aromatic heterocycles. The summed E-state index contributed by atoms with van der Waals surface area (Å²) in [6.07, 6.45) is 4.54. The van der Waals surface area contributed by atoms with Crippen LogP contribution in [0.15, 0.2) is 18.3 Å². The van der Waals surface area contributed by atoms with Gasteiger partial charge in [0.05, 0.1) is 5.56 Å². The lowest BCUT2D eigenvalue weighted by Gasteiger charge is -2.32. The highest BCUT2D eigenvalue weighted by molar-refractivity contribution is 5.94. The predicted octanol–water partition coefficient (Wildman–Crippen LogP) is 1.38. The van der Waals surface area contributed by atoms with E-state index < -0.39 is 0 Å². The fraction of sp³-hybridized carbons (Fsp3) is 0.600. The number of amides is 1. The molecule has 5 heteroatoms. The smallest absolute Gasteiger partial charge is 0.255 e. The molecule has 1 aliphatic heterocycles. The van der Waals surface area contributed by atoms with Crippen molar-refractivity contribution in [3.63, 3.8) is 0 Å². The first kappa shape index (κ1) is 14.8. The fourth-order valence-electron chi connectivity index (χ4n) is 2.63. The second kappa shape index (κ2) is 6.70. The Bertz CT molecular complexity index is 443. The van der Waals surface area contributed by atoms with Gasteiger partial charge in [0, 0.05) is 40.0 Å². The molecule has 1 aromatic rings. The number of aliphatic hydroxyl groups excluding tert-OH is 1. The van der Waals surface area contributed by atoms with E-state index in [1.165, 1.54) is 0 Å². The van der Waals surface area contributed by atoms with Crippen molar-refractivity contribution in [2.75, 3.05) is 38.7 Å². The minimum absolute atomic E-state index is 0.0467. The molecule has 0 aromatic carbocycles. The Kier molecular flexibility index (Phi) is 4.95. The lowest BCUT2D eigenvalue weighted by molar-refractivity contribution is 0.0653. The van der Waals surface area contributed by atoms with Gasteiger partial charge in [-0.2, -0.15) is 0 Å². The predicted molar refractivity (Wildman–Crippen MR) is 78.9 cm³/mol. The summed E-state index contributed by atoms with van der Waals surface area (Å²) in [5.74, 6) is 1.32. The molecule has 0 aliphatic carbocycles. The number of carbonyl (C=O) groups excluding carboxylic acids is 1. The quantitative estimate of drug-likeness (QED) is 0.903. The van der Waals surface area contributed by atoms with Gasteiger partial charge in [-0.05, 0) is 37.3 Å². The van der Waals surface area contributed by atoms with E-state index >= 15 is 0 Å². The van der Waals surface area contributed by atoms with Gasteiger partial charge >= 0.3 is 0 Å². The molecule has 110 valence electrons. The molecule has 1 atom stereocenters. The summed E-state index contributed by atoms with van der Waals surface area (Å²) >= 11 is 0. The first-order valence-corrected chi connectivity index (χ1v) is 7.15. The number of anilines is 1. The van der Waals surface area contributed by atoms with E-state index in [0.717, 1.165) is 38.2 Å². The van der Waals surface area contributed by atoms with Gasteiger partial charge in [0.15, 0.2) is 0 Å². The summed E-state index contributed by atoms with van der Waals surface area (Å²) in [6.45, 7) is 1.75. The van der Waals surface area contributed by atoms with E-state index in [1.54, 1.807) is 6.20 Å². The number of aromatic nitrogens is 1. The minimum atomic E-state index is 0.0467. The summed E-state index contributed by atoms with van der Waals surface area (Å²) < 4.78 is 0. The van der Waals surface area contributed by atoms with Crippen LogP contribution in [0.25, 0.3) is 0 Å². The molecule has 1 unspecified atom stereocenters. The molecule has 0 spiro atoms. The van der Waals surface area contributed by atoms with Gasteiger partial charge in [-0.3, -0.25) is 4.79 Å². The number of piperidine rings is 1. The standard InChI is InChI=1S/C15H23N3O2/c1-17(2)14-6-5-13(10-16-14)15(20)18-8-3-4-12(11-18)7-9-19/h5-6,10,12,19H,3-4,7-9,11H2,1-2H3. The van der Waals surface area contributed by atoms with Crippen LogP contribution in [-0.4, -0.2) is 54.7 Å². The second-order valence-electron chi connectivity index (χ2n) is 5.57. The molecule has 20 heavy (non-hydrogen) atoms. The average Bonchev–Trinajstić information content (AvgIpc) is 2.47. The summed E-state index contributed by atoms with van der Waals surface area (Å²) in [6, 6.07) is 3.70. The van der Waals surface area contributed by atoms with Crippen LogP contribution in [0.5, 0.6) is 0 Å². The number of rotatable bonds is 4. The van der Waals surface area contributed by atoms with Gasteiger partial charge in [0.25, 0.3) is 5.91 Å². The van der Waals surface area contributed by atoms with E-state index in [0.29, 0.717) is 11.5 Å². The Hall–Kier alpha value is -1.62. The Morgan fingerprint density at radius 1 is 1.50 bits per heavy atom. The molecule has 1 amide bonds. The van der Waals surface area contributed by atoms with Gasteiger partial charge in [0.2, 0.25) is 0 Å². The number of pyridine rings is 1. The molecule has 1 fully saturated rings. The molecular weight excluding hydrogens is 254 g/mol. The highest BCUT2D eigenvalue weighted by atomic mass is 16.3. The highest BCUT2D eigenvalue weighted by Gasteiger charge is 2.24. The third kappa shape index (κ3) is 3.48. The zero-order valence-corrected chi connectivity index (χ0v) is 12.2. The van der Waals surface area contributed by atoms with Crippen LogP contribution in [0, 0.1) is 5.92 Å². The van der Waals surface area contributed by atoms with Crippen molar-refractivity contribution in [1.29, 1.82) is 0 Å². The Balaban J connectivity index is 2.02. The second-order valence-corrected chi connectivity index (χ2v) is 5.57. The van der Waals surface area contributed by atoms with Crippen LogP contribution >= 0.6 is 0 Å². The summed E-state index contributed by atoms with van der Waals surface area (Å²) in [4.78, 5) is 20.5. The topological polar surface area (TPSA) is 56.7 Å². The van der Waals surface area contributed by atoms with Crippen LogP contribution in [0.2, 0.25) is 0 Å². The van der Waals surface area contributed by atoms with Crippen LogP contribution in [0.4, 0.5) is 5.82 Å². The number of aliphatic hydroxyl groups is 1. The summed E-state index contributed by atoms with van der Waals surface area (Å²) in [5, 5.41) is 9.02. The van der Waals surface area contributed by atoms with Crippen LogP contribution in [0.3, 0.4) is 0 Å². The van der Waals surface area contributed by atoms with Gasteiger partial charge in [-0.15, -0.1) is 0 Å². The highest BCUT2D eigenvalue weighted by Crippen LogP contribution is 2.21. The summed E-state index contributed by atoms with van der Waals surface area (Å²) in [5.41, 5.74) is 0.639. The van der Waals surface area contributed by atoms with Crippen molar-refractivity contribution in [2.45, 2.75) is 19.3 Å². The van der Waals surface area contributed by atoms with E-state index in [4.69, 9.17) is 5.11 Å². The maximum absolute atomic E-state index is 12.4. The lowest BCUT2D eigenvalue weighted by atomic mass is 9.95. The zero-order chi connectivity index (χ0) is 14.5. The monoisotopic (exact) mass is 277 g/mol. The van der Waals surface area contributed by atoms with Gasteiger partial charge in [-0.1, -0.05) is 0 Å². The first-order valence-electron chi connectivity index (χ1n) is 7.15. The lowest BCUT2D eigenvalue weighted by Crippen LogP contribution is -2.40. The maximum Gasteiger partial charge on any atom is 0.255 e.